The Hall–Kier alpha value is -2.67. The molecule has 2 aromatic rings. The molecule has 0 radical (unpaired) electrons. The summed E-state index contributed by atoms with van der Waals surface area (Å²) < 4.78 is 6.22. The molecule has 4 atom stereocenters. The largest absolute Gasteiger partial charge is 0.508 e. The van der Waals surface area contributed by atoms with Crippen molar-refractivity contribution >= 4 is 0 Å². The van der Waals surface area contributed by atoms with Gasteiger partial charge in [-0.3, -0.25) is 0 Å². The first-order chi connectivity index (χ1) is 11.2. The predicted molar refractivity (Wildman–Crippen MR) is 84.2 cm³/mol. The van der Waals surface area contributed by atoms with E-state index in [1.165, 1.54) is 0 Å². The highest BCUT2D eigenvalue weighted by Crippen LogP contribution is 2.55. The maximum atomic E-state index is 9.80. The zero-order valence-corrected chi connectivity index (χ0v) is 12.5. The van der Waals surface area contributed by atoms with Crippen molar-refractivity contribution in [2.75, 3.05) is 0 Å². The van der Waals surface area contributed by atoms with Crippen LogP contribution in [0.2, 0.25) is 0 Å². The van der Waals surface area contributed by atoms with Crippen molar-refractivity contribution in [1.29, 1.82) is 5.26 Å². The van der Waals surface area contributed by atoms with Gasteiger partial charge in [0.15, 0.2) is 0 Å². The standard InChI is InChI=1S/C19H17NO3/c20-10-11-7-15-16-9-14(22)5-6-18(16)23-19(17(15)8-11)12-1-3-13(21)4-2-12/h1-6,9,11,15,17,19,21-22H,7-8H2/t11-,15-,17-,19-/m0/s1. The Morgan fingerprint density at radius 1 is 1.00 bits per heavy atom. The van der Waals surface area contributed by atoms with Gasteiger partial charge in [0.05, 0.1) is 6.07 Å². The number of hydrogen-bond acceptors (Lipinski definition) is 4. The van der Waals surface area contributed by atoms with Gasteiger partial charge in [-0.05, 0) is 54.7 Å². The Labute approximate surface area is 134 Å². The molecule has 1 heterocycles. The van der Waals surface area contributed by atoms with Gasteiger partial charge in [0.1, 0.15) is 23.4 Å². The van der Waals surface area contributed by atoms with E-state index in [1.807, 2.05) is 12.1 Å². The maximum Gasteiger partial charge on any atom is 0.127 e. The van der Waals surface area contributed by atoms with Crippen molar-refractivity contribution in [3.63, 3.8) is 0 Å². The molecule has 0 unspecified atom stereocenters. The van der Waals surface area contributed by atoms with Gasteiger partial charge in [0.2, 0.25) is 0 Å². The van der Waals surface area contributed by atoms with E-state index in [2.05, 4.69) is 6.07 Å². The number of hydrogen-bond donors (Lipinski definition) is 2. The zero-order valence-electron chi connectivity index (χ0n) is 12.5. The van der Waals surface area contributed by atoms with E-state index in [9.17, 15) is 15.5 Å². The SMILES string of the molecule is N#C[C@@H]1C[C@H]2[C@@H](C1)c1cc(O)ccc1O[C@H]2c1ccc(O)cc1. The lowest BCUT2D eigenvalue weighted by Crippen LogP contribution is -2.26. The number of phenols is 2. The second kappa shape index (κ2) is 5.20. The summed E-state index contributed by atoms with van der Waals surface area (Å²) in [6, 6.07) is 14.7. The highest BCUT2D eigenvalue weighted by molar-refractivity contribution is 5.46. The summed E-state index contributed by atoms with van der Waals surface area (Å²) in [5.74, 6) is 1.68. The van der Waals surface area contributed by atoms with Crippen LogP contribution in [0.25, 0.3) is 0 Å². The number of nitriles is 1. The van der Waals surface area contributed by atoms with Gasteiger partial charge in [-0.15, -0.1) is 0 Å². The molecule has 2 aliphatic rings. The molecule has 0 bridgehead atoms. The second-order valence-corrected chi connectivity index (χ2v) is 6.42. The van der Waals surface area contributed by atoms with Crippen molar-refractivity contribution < 1.29 is 14.9 Å². The average Bonchev–Trinajstić information content (AvgIpc) is 3.00. The third kappa shape index (κ3) is 2.29. The fourth-order valence-electron chi connectivity index (χ4n) is 4.00. The number of nitrogens with zero attached hydrogens (tertiary/aromatic N) is 1. The van der Waals surface area contributed by atoms with Gasteiger partial charge in [-0.25, -0.2) is 0 Å². The topological polar surface area (TPSA) is 73.5 Å². The molecule has 1 aliphatic heterocycles. The van der Waals surface area contributed by atoms with Crippen LogP contribution in [0, 0.1) is 23.2 Å². The summed E-state index contributed by atoms with van der Waals surface area (Å²) in [6.45, 7) is 0. The van der Waals surface area contributed by atoms with Crippen molar-refractivity contribution in [1.82, 2.24) is 0 Å². The Balaban J connectivity index is 1.78. The molecule has 0 saturated heterocycles. The Morgan fingerprint density at radius 2 is 1.74 bits per heavy atom. The minimum Gasteiger partial charge on any atom is -0.508 e. The summed E-state index contributed by atoms with van der Waals surface area (Å²) in [6.07, 6.45) is 1.47. The molecule has 0 spiro atoms. The van der Waals surface area contributed by atoms with E-state index < -0.39 is 0 Å². The summed E-state index contributed by atoms with van der Waals surface area (Å²) in [5.41, 5.74) is 2.01. The summed E-state index contributed by atoms with van der Waals surface area (Å²) in [4.78, 5) is 0. The monoisotopic (exact) mass is 307 g/mol. The summed E-state index contributed by atoms with van der Waals surface area (Å²) in [7, 11) is 0. The van der Waals surface area contributed by atoms with Crippen LogP contribution < -0.4 is 4.74 Å². The zero-order chi connectivity index (χ0) is 16.0. The van der Waals surface area contributed by atoms with Crippen LogP contribution >= 0.6 is 0 Å². The van der Waals surface area contributed by atoms with E-state index in [0.717, 1.165) is 29.7 Å². The average molecular weight is 307 g/mol. The van der Waals surface area contributed by atoms with Gasteiger partial charge >= 0.3 is 0 Å². The van der Waals surface area contributed by atoms with Crippen LogP contribution in [0.1, 0.15) is 36.0 Å². The molecule has 0 aromatic heterocycles. The molecule has 0 amide bonds. The number of benzene rings is 2. The molecular formula is C19H17NO3. The third-order valence-electron chi connectivity index (χ3n) is 5.05. The van der Waals surface area contributed by atoms with Crippen molar-refractivity contribution in [3.8, 4) is 23.3 Å². The minimum absolute atomic E-state index is 0.0153. The van der Waals surface area contributed by atoms with Gasteiger partial charge in [0, 0.05) is 17.4 Å². The normalized spacial score (nSPS) is 28.3. The molecule has 2 N–H and O–H groups in total. The predicted octanol–water partition coefficient (Wildman–Crippen LogP) is 3.86. The van der Waals surface area contributed by atoms with Crippen LogP contribution in [0.15, 0.2) is 42.5 Å². The number of fused-ring (bicyclic) bond motifs is 3. The fourth-order valence-corrected chi connectivity index (χ4v) is 4.00. The first-order valence-electron chi connectivity index (χ1n) is 7.84. The van der Waals surface area contributed by atoms with Gasteiger partial charge in [-0.1, -0.05) is 12.1 Å². The lowest BCUT2D eigenvalue weighted by atomic mass is 9.80. The van der Waals surface area contributed by atoms with Crippen molar-refractivity contribution in [2.45, 2.75) is 24.9 Å². The van der Waals surface area contributed by atoms with Crippen molar-refractivity contribution in [3.05, 3.63) is 53.6 Å². The number of rotatable bonds is 1. The molecule has 4 rings (SSSR count). The maximum absolute atomic E-state index is 9.80. The number of aromatic hydroxyl groups is 2. The lowest BCUT2D eigenvalue weighted by molar-refractivity contribution is 0.103. The van der Waals surface area contributed by atoms with Crippen LogP contribution in [-0.4, -0.2) is 10.2 Å². The first kappa shape index (κ1) is 14.0. The molecular weight excluding hydrogens is 290 g/mol. The molecule has 1 saturated carbocycles. The van der Waals surface area contributed by atoms with E-state index in [4.69, 9.17) is 4.74 Å². The van der Waals surface area contributed by atoms with Gasteiger partial charge in [0.25, 0.3) is 0 Å². The molecule has 4 nitrogen and oxygen atoms in total. The lowest BCUT2D eigenvalue weighted by Gasteiger charge is -2.36. The van der Waals surface area contributed by atoms with E-state index in [0.29, 0.717) is 0 Å². The van der Waals surface area contributed by atoms with Crippen LogP contribution in [0.3, 0.4) is 0 Å². The van der Waals surface area contributed by atoms with Crippen LogP contribution in [-0.2, 0) is 0 Å². The van der Waals surface area contributed by atoms with Crippen LogP contribution in [0.5, 0.6) is 17.2 Å². The first-order valence-corrected chi connectivity index (χ1v) is 7.84. The fraction of sp³-hybridized carbons (Fsp3) is 0.316. The number of phenolic OH excluding ortho intramolecular Hbond substituents is 2. The van der Waals surface area contributed by atoms with E-state index in [1.54, 1.807) is 30.3 Å². The second-order valence-electron chi connectivity index (χ2n) is 6.42. The van der Waals surface area contributed by atoms with Gasteiger partial charge < -0.3 is 14.9 Å². The third-order valence-corrected chi connectivity index (χ3v) is 5.05. The highest BCUT2D eigenvalue weighted by atomic mass is 16.5. The highest BCUT2D eigenvalue weighted by Gasteiger charge is 2.45. The number of ether oxygens (including phenoxy) is 1. The van der Waals surface area contributed by atoms with Crippen molar-refractivity contribution in [2.24, 2.45) is 11.8 Å². The molecule has 23 heavy (non-hydrogen) atoms. The Kier molecular flexibility index (Phi) is 3.16. The molecule has 1 aliphatic carbocycles. The molecule has 2 aromatic carbocycles. The summed E-state index contributed by atoms with van der Waals surface area (Å²) in [5, 5.41) is 28.6. The smallest absolute Gasteiger partial charge is 0.127 e. The Bertz CT molecular complexity index is 778. The molecule has 116 valence electrons. The Morgan fingerprint density at radius 3 is 2.48 bits per heavy atom. The minimum atomic E-state index is -0.129. The molecule has 4 heteroatoms. The van der Waals surface area contributed by atoms with Crippen LogP contribution in [0.4, 0.5) is 0 Å². The van der Waals surface area contributed by atoms with E-state index >= 15 is 0 Å². The van der Waals surface area contributed by atoms with E-state index in [-0.39, 0.29) is 35.4 Å². The summed E-state index contributed by atoms with van der Waals surface area (Å²) >= 11 is 0. The quantitative estimate of drug-likeness (QED) is 0.839. The van der Waals surface area contributed by atoms with Gasteiger partial charge in [-0.2, -0.15) is 5.26 Å². The molecule has 1 fully saturated rings.